The van der Waals surface area contributed by atoms with Gasteiger partial charge in [0.25, 0.3) is 0 Å². The van der Waals surface area contributed by atoms with E-state index >= 15 is 0 Å². The first kappa shape index (κ1) is 12.8. The molecule has 4 N–H and O–H groups in total. The number of benzene rings is 1. The van der Waals surface area contributed by atoms with Crippen molar-refractivity contribution in [3.63, 3.8) is 0 Å². The van der Waals surface area contributed by atoms with Gasteiger partial charge in [0.15, 0.2) is 0 Å². The number of anilines is 2. The zero-order chi connectivity index (χ0) is 13.1. The van der Waals surface area contributed by atoms with Gasteiger partial charge in [-0.05, 0) is 37.0 Å². The summed E-state index contributed by atoms with van der Waals surface area (Å²) >= 11 is 6.19. The first-order chi connectivity index (χ1) is 8.63. The van der Waals surface area contributed by atoms with E-state index in [-0.39, 0.29) is 0 Å². The third-order valence-corrected chi connectivity index (χ3v) is 3.33. The predicted molar refractivity (Wildman–Crippen MR) is 77.2 cm³/mol. The average molecular weight is 262 g/mol. The highest BCUT2D eigenvalue weighted by molar-refractivity contribution is 6.35. The van der Waals surface area contributed by atoms with Crippen LogP contribution in [0.5, 0.6) is 0 Å². The second-order valence-electron chi connectivity index (χ2n) is 4.43. The lowest BCUT2D eigenvalue weighted by molar-refractivity contribution is 0.751. The molecule has 0 radical (unpaired) electrons. The second-order valence-corrected chi connectivity index (χ2v) is 4.81. The van der Waals surface area contributed by atoms with Gasteiger partial charge in [-0.15, -0.1) is 0 Å². The lowest BCUT2D eigenvalue weighted by Crippen LogP contribution is -2.33. The number of nitrogen functional groups attached to an aromatic ring is 1. The highest BCUT2D eigenvalue weighted by atomic mass is 35.5. The summed E-state index contributed by atoms with van der Waals surface area (Å²) in [6.07, 6.45) is 4.00. The minimum atomic E-state index is 0.452. The SMILES string of the molecule is C=CC#Cc1ccc(N(N)CC2CC2)c(N)c1Cl. The summed E-state index contributed by atoms with van der Waals surface area (Å²) < 4.78 is 0. The van der Waals surface area contributed by atoms with Crippen LogP contribution in [0.2, 0.25) is 5.02 Å². The number of hydrogen-bond donors (Lipinski definition) is 2. The summed E-state index contributed by atoms with van der Waals surface area (Å²) in [6, 6.07) is 3.69. The highest BCUT2D eigenvalue weighted by Gasteiger charge is 2.24. The normalized spacial score (nSPS) is 13.7. The fourth-order valence-corrected chi connectivity index (χ4v) is 1.94. The molecule has 3 nitrogen and oxygen atoms in total. The number of hydrogen-bond acceptors (Lipinski definition) is 3. The number of nitrogens with zero attached hydrogens (tertiary/aromatic N) is 1. The quantitative estimate of drug-likeness (QED) is 0.381. The lowest BCUT2D eigenvalue weighted by Gasteiger charge is -2.21. The van der Waals surface area contributed by atoms with Gasteiger partial charge in [0.05, 0.1) is 16.4 Å². The Labute approximate surface area is 112 Å². The van der Waals surface area contributed by atoms with E-state index in [1.54, 1.807) is 5.01 Å². The van der Waals surface area contributed by atoms with Crippen LogP contribution in [0.4, 0.5) is 11.4 Å². The zero-order valence-corrected chi connectivity index (χ0v) is 10.9. The van der Waals surface area contributed by atoms with Crippen LogP contribution in [0.15, 0.2) is 24.8 Å². The topological polar surface area (TPSA) is 55.3 Å². The maximum atomic E-state index is 6.19. The summed E-state index contributed by atoms with van der Waals surface area (Å²) in [5.74, 6) is 12.3. The second kappa shape index (κ2) is 5.34. The Kier molecular flexibility index (Phi) is 3.81. The molecule has 0 aromatic heterocycles. The molecule has 0 spiro atoms. The molecular weight excluding hydrogens is 246 g/mol. The molecule has 1 aliphatic carbocycles. The van der Waals surface area contributed by atoms with Crippen molar-refractivity contribution in [3.8, 4) is 11.8 Å². The van der Waals surface area contributed by atoms with Crippen LogP contribution in [0.1, 0.15) is 18.4 Å². The Hall–Kier alpha value is -1.63. The molecule has 1 fully saturated rings. The van der Waals surface area contributed by atoms with Crippen molar-refractivity contribution in [2.45, 2.75) is 12.8 Å². The minimum absolute atomic E-state index is 0.452. The Morgan fingerprint density at radius 2 is 2.22 bits per heavy atom. The van der Waals surface area contributed by atoms with Crippen LogP contribution in [-0.4, -0.2) is 6.54 Å². The van der Waals surface area contributed by atoms with Gasteiger partial charge in [-0.2, -0.15) is 0 Å². The molecule has 18 heavy (non-hydrogen) atoms. The summed E-state index contributed by atoms with van der Waals surface area (Å²) in [5, 5.41) is 2.12. The maximum Gasteiger partial charge on any atom is 0.0813 e. The van der Waals surface area contributed by atoms with E-state index in [1.165, 1.54) is 18.9 Å². The van der Waals surface area contributed by atoms with E-state index in [0.717, 1.165) is 12.2 Å². The fraction of sp³-hybridized carbons (Fsp3) is 0.286. The monoisotopic (exact) mass is 261 g/mol. The van der Waals surface area contributed by atoms with Crippen molar-refractivity contribution in [2.75, 3.05) is 17.3 Å². The Bertz CT molecular complexity index is 524. The molecule has 2 rings (SSSR count). The first-order valence-electron chi connectivity index (χ1n) is 5.86. The molecule has 0 saturated heterocycles. The molecule has 0 amide bonds. The summed E-state index contributed by atoms with van der Waals surface area (Å²) in [4.78, 5) is 0. The smallest absolute Gasteiger partial charge is 0.0813 e. The summed E-state index contributed by atoms with van der Waals surface area (Å²) in [5.41, 5.74) is 7.94. The number of hydrazine groups is 1. The molecular formula is C14H16ClN3. The lowest BCUT2D eigenvalue weighted by atomic mass is 10.1. The van der Waals surface area contributed by atoms with Gasteiger partial charge in [-0.3, -0.25) is 0 Å². The Morgan fingerprint density at radius 3 is 2.83 bits per heavy atom. The van der Waals surface area contributed by atoms with Crippen molar-refractivity contribution in [3.05, 3.63) is 35.4 Å². The van der Waals surface area contributed by atoms with Crippen LogP contribution in [-0.2, 0) is 0 Å². The molecule has 1 aromatic rings. The standard InChI is InChI=1S/C14H16ClN3/c1-2-3-4-11-7-8-12(14(16)13(11)15)18(17)9-10-5-6-10/h2,7-8,10H,1,5-6,9,16-17H2. The van der Waals surface area contributed by atoms with Crippen molar-refractivity contribution in [1.82, 2.24) is 0 Å². The molecule has 4 heteroatoms. The van der Waals surface area contributed by atoms with Crippen LogP contribution in [0.25, 0.3) is 0 Å². The van der Waals surface area contributed by atoms with Crippen LogP contribution >= 0.6 is 11.6 Å². The van der Waals surface area contributed by atoms with E-state index in [0.29, 0.717) is 22.2 Å². The molecule has 1 saturated carbocycles. The van der Waals surface area contributed by atoms with Gasteiger partial charge in [-0.1, -0.05) is 30.0 Å². The number of halogens is 1. The maximum absolute atomic E-state index is 6.19. The first-order valence-corrected chi connectivity index (χ1v) is 6.24. The predicted octanol–water partition coefficient (Wildman–Crippen LogP) is 2.55. The molecule has 1 aromatic carbocycles. The van der Waals surface area contributed by atoms with Gasteiger partial charge in [0.2, 0.25) is 0 Å². The van der Waals surface area contributed by atoms with Crippen molar-refractivity contribution in [2.24, 2.45) is 11.8 Å². The molecule has 0 bridgehead atoms. The number of rotatable bonds is 3. The van der Waals surface area contributed by atoms with Crippen molar-refractivity contribution >= 4 is 23.0 Å². The third-order valence-electron chi connectivity index (χ3n) is 2.93. The molecule has 94 valence electrons. The molecule has 0 unspecified atom stereocenters. The van der Waals surface area contributed by atoms with Crippen LogP contribution in [0, 0.1) is 17.8 Å². The van der Waals surface area contributed by atoms with E-state index in [2.05, 4.69) is 18.4 Å². The molecule has 0 aliphatic heterocycles. The molecule has 0 atom stereocenters. The van der Waals surface area contributed by atoms with Crippen molar-refractivity contribution < 1.29 is 0 Å². The fourth-order valence-electron chi connectivity index (χ4n) is 1.74. The van der Waals surface area contributed by atoms with E-state index in [1.807, 2.05) is 12.1 Å². The van der Waals surface area contributed by atoms with E-state index < -0.39 is 0 Å². The number of allylic oxidation sites excluding steroid dienone is 1. The molecule has 1 aliphatic rings. The van der Waals surface area contributed by atoms with Crippen molar-refractivity contribution in [1.29, 1.82) is 0 Å². The van der Waals surface area contributed by atoms with E-state index in [4.69, 9.17) is 23.2 Å². The van der Waals surface area contributed by atoms with Gasteiger partial charge in [0.1, 0.15) is 0 Å². The molecule has 0 heterocycles. The Balaban J connectivity index is 2.26. The largest absolute Gasteiger partial charge is 0.396 e. The van der Waals surface area contributed by atoms with Gasteiger partial charge in [-0.25, -0.2) is 5.84 Å². The Morgan fingerprint density at radius 1 is 1.50 bits per heavy atom. The van der Waals surface area contributed by atoms with Crippen LogP contribution in [0.3, 0.4) is 0 Å². The van der Waals surface area contributed by atoms with Gasteiger partial charge >= 0.3 is 0 Å². The summed E-state index contributed by atoms with van der Waals surface area (Å²) in [6.45, 7) is 4.35. The van der Waals surface area contributed by atoms with Crippen LogP contribution < -0.4 is 16.6 Å². The summed E-state index contributed by atoms with van der Waals surface area (Å²) in [7, 11) is 0. The third kappa shape index (κ3) is 2.79. The zero-order valence-electron chi connectivity index (χ0n) is 10.1. The number of nitrogens with two attached hydrogens (primary N) is 2. The van der Waals surface area contributed by atoms with E-state index in [9.17, 15) is 0 Å². The minimum Gasteiger partial charge on any atom is -0.396 e. The average Bonchev–Trinajstić information content (AvgIpc) is 3.15. The highest BCUT2D eigenvalue weighted by Crippen LogP contribution is 2.35. The van der Waals surface area contributed by atoms with Gasteiger partial charge < -0.3 is 10.7 Å². The van der Waals surface area contributed by atoms with Gasteiger partial charge in [0, 0.05) is 12.1 Å².